The molecule has 3 N–H and O–H groups in total. The van der Waals surface area contributed by atoms with Crippen molar-refractivity contribution in [1.29, 1.82) is 0 Å². The second kappa shape index (κ2) is 10.6. The summed E-state index contributed by atoms with van der Waals surface area (Å²) in [6.07, 6.45) is 0.979. The number of nitrogens with zero attached hydrogens (tertiary/aromatic N) is 1. The number of sulfonamides is 1. The zero-order chi connectivity index (χ0) is 15.9. The van der Waals surface area contributed by atoms with Crippen molar-refractivity contribution >= 4 is 62.9 Å². The van der Waals surface area contributed by atoms with Gasteiger partial charge in [0.1, 0.15) is 4.21 Å². The average Bonchev–Trinajstić information content (AvgIpc) is 2.89. The summed E-state index contributed by atoms with van der Waals surface area (Å²) in [6.45, 7) is 4.83. The summed E-state index contributed by atoms with van der Waals surface area (Å²) in [5.41, 5.74) is 0. The molecule has 6 nitrogen and oxygen atoms in total. The van der Waals surface area contributed by atoms with E-state index in [1.807, 2.05) is 0 Å². The zero-order valence-electron chi connectivity index (χ0n) is 12.7. The van der Waals surface area contributed by atoms with Crippen molar-refractivity contribution in [2.24, 2.45) is 4.99 Å². The molecule has 1 rings (SSSR count). The molecule has 0 saturated carbocycles. The summed E-state index contributed by atoms with van der Waals surface area (Å²) in [4.78, 5) is 4.07. The van der Waals surface area contributed by atoms with Crippen LogP contribution < -0.4 is 15.4 Å². The minimum Gasteiger partial charge on any atom is -0.355 e. The first-order valence-corrected chi connectivity index (χ1v) is 9.29. The SMILES string of the molecule is CCC(C)NC(=NC)NCCNS(=O)(=O)c1ccc(Cl)s1.I. The highest BCUT2D eigenvalue weighted by Gasteiger charge is 2.15. The molecule has 0 aliphatic rings. The zero-order valence-corrected chi connectivity index (χ0v) is 17.4. The molecule has 0 spiro atoms. The summed E-state index contributed by atoms with van der Waals surface area (Å²) >= 11 is 6.77. The van der Waals surface area contributed by atoms with Crippen molar-refractivity contribution in [3.05, 3.63) is 16.5 Å². The number of thiophene rings is 1. The van der Waals surface area contributed by atoms with Crippen LogP contribution in [-0.4, -0.2) is 40.6 Å². The third-order valence-corrected chi connectivity index (χ3v) is 5.93. The van der Waals surface area contributed by atoms with Gasteiger partial charge in [0, 0.05) is 26.2 Å². The highest BCUT2D eigenvalue weighted by atomic mass is 127. The van der Waals surface area contributed by atoms with Crippen LogP contribution in [-0.2, 0) is 10.0 Å². The van der Waals surface area contributed by atoms with Gasteiger partial charge in [0.15, 0.2) is 5.96 Å². The van der Waals surface area contributed by atoms with E-state index in [-0.39, 0.29) is 34.7 Å². The molecular weight excluding hydrogens is 459 g/mol. The van der Waals surface area contributed by atoms with Crippen LogP contribution in [0.15, 0.2) is 21.3 Å². The number of aliphatic imine (C=N–C) groups is 1. The normalized spacial score (nSPS) is 13.4. The van der Waals surface area contributed by atoms with E-state index in [1.165, 1.54) is 6.07 Å². The molecule has 1 heterocycles. The Hall–Kier alpha value is -0.1000. The molecule has 0 bridgehead atoms. The first-order valence-electron chi connectivity index (χ1n) is 6.61. The summed E-state index contributed by atoms with van der Waals surface area (Å²) < 4.78 is 27.1. The van der Waals surface area contributed by atoms with E-state index in [1.54, 1.807) is 13.1 Å². The Morgan fingerprint density at radius 1 is 1.41 bits per heavy atom. The molecule has 1 atom stereocenters. The molecule has 10 heteroatoms. The number of nitrogens with one attached hydrogen (secondary N) is 3. The molecule has 0 aromatic carbocycles. The Morgan fingerprint density at radius 3 is 2.59 bits per heavy atom. The molecule has 0 aliphatic carbocycles. The maximum atomic E-state index is 12.0. The van der Waals surface area contributed by atoms with Crippen LogP contribution in [0.4, 0.5) is 0 Å². The fourth-order valence-corrected chi connectivity index (χ4v) is 3.97. The van der Waals surface area contributed by atoms with E-state index < -0.39 is 10.0 Å². The van der Waals surface area contributed by atoms with E-state index >= 15 is 0 Å². The van der Waals surface area contributed by atoms with Gasteiger partial charge in [-0.25, -0.2) is 13.1 Å². The number of hydrogen-bond donors (Lipinski definition) is 3. The molecule has 1 aromatic rings. The van der Waals surface area contributed by atoms with Gasteiger partial charge < -0.3 is 10.6 Å². The van der Waals surface area contributed by atoms with Gasteiger partial charge in [0.05, 0.1) is 4.34 Å². The largest absolute Gasteiger partial charge is 0.355 e. The van der Waals surface area contributed by atoms with Crippen molar-refractivity contribution in [2.45, 2.75) is 30.5 Å². The molecule has 22 heavy (non-hydrogen) atoms. The van der Waals surface area contributed by atoms with Crippen LogP contribution >= 0.6 is 46.9 Å². The monoisotopic (exact) mass is 480 g/mol. The minimum absolute atomic E-state index is 0. The first kappa shape index (κ1) is 21.9. The summed E-state index contributed by atoms with van der Waals surface area (Å²) in [5, 5.41) is 6.25. The van der Waals surface area contributed by atoms with Crippen LogP contribution in [0.3, 0.4) is 0 Å². The van der Waals surface area contributed by atoms with Gasteiger partial charge in [0.2, 0.25) is 10.0 Å². The lowest BCUT2D eigenvalue weighted by atomic mass is 10.3. The number of guanidine groups is 1. The summed E-state index contributed by atoms with van der Waals surface area (Å²) in [6, 6.07) is 3.37. The summed E-state index contributed by atoms with van der Waals surface area (Å²) in [7, 11) is -1.81. The van der Waals surface area contributed by atoms with Gasteiger partial charge in [0.25, 0.3) is 0 Å². The Morgan fingerprint density at radius 2 is 2.09 bits per heavy atom. The van der Waals surface area contributed by atoms with Crippen LogP contribution in [0, 0.1) is 0 Å². The molecule has 0 saturated heterocycles. The molecule has 0 radical (unpaired) electrons. The first-order chi connectivity index (χ1) is 9.89. The molecule has 0 aliphatic heterocycles. The highest BCUT2D eigenvalue weighted by Crippen LogP contribution is 2.24. The average molecular weight is 481 g/mol. The standard InChI is InChI=1S/C12H21ClN4O2S2.HI/c1-4-9(2)17-12(14-3)15-7-8-16-21(18,19)11-6-5-10(13)20-11;/h5-6,9,16H,4,7-8H2,1-3H3,(H2,14,15,17);1H. The van der Waals surface area contributed by atoms with Crippen molar-refractivity contribution in [2.75, 3.05) is 20.1 Å². The van der Waals surface area contributed by atoms with Crippen molar-refractivity contribution in [3.8, 4) is 0 Å². The quantitative estimate of drug-likeness (QED) is 0.242. The van der Waals surface area contributed by atoms with Gasteiger partial charge >= 0.3 is 0 Å². The van der Waals surface area contributed by atoms with E-state index in [2.05, 4.69) is 34.2 Å². The highest BCUT2D eigenvalue weighted by molar-refractivity contribution is 14.0. The number of hydrogen-bond acceptors (Lipinski definition) is 4. The van der Waals surface area contributed by atoms with E-state index in [0.717, 1.165) is 17.8 Å². The van der Waals surface area contributed by atoms with Crippen molar-refractivity contribution in [1.82, 2.24) is 15.4 Å². The predicted molar refractivity (Wildman–Crippen MR) is 104 cm³/mol. The number of halogens is 2. The molecule has 1 unspecified atom stereocenters. The minimum atomic E-state index is -3.49. The van der Waals surface area contributed by atoms with Crippen LogP contribution in [0.25, 0.3) is 0 Å². The van der Waals surface area contributed by atoms with Crippen molar-refractivity contribution < 1.29 is 8.42 Å². The van der Waals surface area contributed by atoms with Crippen LogP contribution in [0.1, 0.15) is 20.3 Å². The van der Waals surface area contributed by atoms with Crippen LogP contribution in [0.2, 0.25) is 4.34 Å². The Labute approximate surface area is 158 Å². The van der Waals surface area contributed by atoms with Gasteiger partial charge in [-0.05, 0) is 25.5 Å². The smallest absolute Gasteiger partial charge is 0.250 e. The van der Waals surface area contributed by atoms with Crippen LogP contribution in [0.5, 0.6) is 0 Å². The fourth-order valence-electron chi connectivity index (χ4n) is 1.41. The molecular formula is C12H22ClIN4O2S2. The van der Waals surface area contributed by atoms with E-state index in [0.29, 0.717) is 22.9 Å². The second-order valence-corrected chi connectivity index (χ2v) is 8.12. The lowest BCUT2D eigenvalue weighted by molar-refractivity contribution is 0.581. The van der Waals surface area contributed by atoms with Gasteiger partial charge in [-0.3, -0.25) is 4.99 Å². The predicted octanol–water partition coefficient (Wildman–Crippen LogP) is 2.26. The van der Waals surface area contributed by atoms with E-state index in [9.17, 15) is 8.42 Å². The number of rotatable bonds is 7. The molecule has 0 fully saturated rings. The Bertz CT molecular complexity index is 577. The maximum Gasteiger partial charge on any atom is 0.250 e. The third-order valence-electron chi connectivity index (χ3n) is 2.74. The van der Waals surface area contributed by atoms with Gasteiger partial charge in [-0.15, -0.1) is 35.3 Å². The third kappa shape index (κ3) is 7.44. The lowest BCUT2D eigenvalue weighted by Crippen LogP contribution is -2.44. The maximum absolute atomic E-state index is 12.0. The van der Waals surface area contributed by atoms with Gasteiger partial charge in [-0.1, -0.05) is 18.5 Å². The second-order valence-electron chi connectivity index (χ2n) is 4.41. The topological polar surface area (TPSA) is 82.6 Å². The summed E-state index contributed by atoms with van der Waals surface area (Å²) in [5.74, 6) is 0.655. The van der Waals surface area contributed by atoms with E-state index in [4.69, 9.17) is 11.6 Å². The molecule has 0 amide bonds. The Balaban J connectivity index is 0.00000441. The Kier molecular flexibility index (Phi) is 10.6. The van der Waals surface area contributed by atoms with Crippen molar-refractivity contribution in [3.63, 3.8) is 0 Å². The van der Waals surface area contributed by atoms with Gasteiger partial charge in [-0.2, -0.15) is 0 Å². The molecule has 1 aromatic heterocycles. The fraction of sp³-hybridized carbons (Fsp3) is 0.583. The molecule has 128 valence electrons. The lowest BCUT2D eigenvalue weighted by Gasteiger charge is -2.16.